The minimum absolute atomic E-state index is 0.0435. The molecule has 1 fully saturated rings. The van der Waals surface area contributed by atoms with Crippen molar-refractivity contribution < 1.29 is 9.13 Å². The van der Waals surface area contributed by atoms with Gasteiger partial charge in [-0.05, 0) is 43.0 Å². The maximum Gasteiger partial charge on any atom is 0.126 e. The Morgan fingerprint density at radius 3 is 3.12 bits per heavy atom. The molecule has 0 bridgehead atoms. The Kier molecular flexibility index (Phi) is 2.65. The van der Waals surface area contributed by atoms with Crippen molar-refractivity contribution in [2.24, 2.45) is 0 Å². The van der Waals surface area contributed by atoms with Crippen molar-refractivity contribution in [1.29, 1.82) is 0 Å². The second-order valence-electron chi connectivity index (χ2n) is 4.55. The highest BCUT2D eigenvalue weighted by Crippen LogP contribution is 2.33. The van der Waals surface area contributed by atoms with Crippen LogP contribution in [0.25, 0.3) is 0 Å². The monoisotopic (exact) mass is 221 g/mol. The van der Waals surface area contributed by atoms with Crippen molar-refractivity contribution in [2.45, 2.75) is 31.4 Å². The van der Waals surface area contributed by atoms with Crippen LogP contribution in [0.3, 0.4) is 0 Å². The van der Waals surface area contributed by atoms with E-state index in [1.807, 2.05) is 6.07 Å². The molecule has 1 saturated heterocycles. The van der Waals surface area contributed by atoms with Gasteiger partial charge in [0.15, 0.2) is 0 Å². The molecule has 3 heteroatoms. The van der Waals surface area contributed by atoms with E-state index in [0.29, 0.717) is 19.1 Å². The molecule has 0 unspecified atom stereocenters. The van der Waals surface area contributed by atoms with Gasteiger partial charge in [0.2, 0.25) is 0 Å². The number of benzene rings is 1. The Morgan fingerprint density at radius 2 is 2.31 bits per heavy atom. The molecule has 2 nitrogen and oxygen atoms in total. The smallest absolute Gasteiger partial charge is 0.126 e. The van der Waals surface area contributed by atoms with E-state index in [0.717, 1.165) is 24.1 Å². The quantitative estimate of drug-likeness (QED) is 0.785. The van der Waals surface area contributed by atoms with E-state index >= 15 is 0 Å². The fourth-order valence-corrected chi connectivity index (χ4v) is 2.79. The van der Waals surface area contributed by atoms with Crippen LogP contribution >= 0.6 is 0 Å². The van der Waals surface area contributed by atoms with Crippen LogP contribution in [0.2, 0.25) is 0 Å². The van der Waals surface area contributed by atoms with Gasteiger partial charge in [0, 0.05) is 6.04 Å². The van der Waals surface area contributed by atoms with E-state index in [9.17, 15) is 4.39 Å². The maximum atomic E-state index is 13.7. The zero-order valence-electron chi connectivity index (χ0n) is 9.21. The lowest BCUT2D eigenvalue weighted by Crippen LogP contribution is -2.34. The lowest BCUT2D eigenvalue weighted by Gasteiger charge is -2.30. The zero-order chi connectivity index (χ0) is 11.0. The summed E-state index contributed by atoms with van der Waals surface area (Å²) >= 11 is 0. The molecule has 2 aliphatic rings. The molecule has 16 heavy (non-hydrogen) atoms. The predicted molar refractivity (Wildman–Crippen MR) is 59.8 cm³/mol. The molecule has 0 spiro atoms. The number of hydrogen-bond donors (Lipinski definition) is 1. The van der Waals surface area contributed by atoms with Crippen LogP contribution in [0.4, 0.5) is 4.39 Å². The molecule has 2 atom stereocenters. The van der Waals surface area contributed by atoms with Crippen LogP contribution in [0, 0.1) is 5.82 Å². The second kappa shape index (κ2) is 4.15. The van der Waals surface area contributed by atoms with E-state index in [-0.39, 0.29) is 11.9 Å². The minimum atomic E-state index is -0.0798. The number of hydrogen-bond acceptors (Lipinski definition) is 2. The van der Waals surface area contributed by atoms with E-state index in [2.05, 4.69) is 5.32 Å². The summed E-state index contributed by atoms with van der Waals surface area (Å²) in [7, 11) is 0. The average molecular weight is 221 g/mol. The molecular weight excluding hydrogens is 205 g/mol. The first-order chi connectivity index (χ1) is 7.86. The van der Waals surface area contributed by atoms with Gasteiger partial charge < -0.3 is 10.1 Å². The summed E-state index contributed by atoms with van der Waals surface area (Å²) < 4.78 is 19.5. The van der Waals surface area contributed by atoms with Gasteiger partial charge >= 0.3 is 0 Å². The summed E-state index contributed by atoms with van der Waals surface area (Å²) in [6.45, 7) is 1.69. The molecule has 0 saturated carbocycles. The summed E-state index contributed by atoms with van der Waals surface area (Å²) in [5.74, 6) is -0.0798. The van der Waals surface area contributed by atoms with Gasteiger partial charge in [-0.3, -0.25) is 0 Å². The predicted octanol–water partition coefficient (Wildman–Crippen LogP) is 2.19. The summed E-state index contributed by atoms with van der Waals surface area (Å²) in [6, 6.07) is 5.69. The molecule has 0 aliphatic carbocycles. The molecule has 3 rings (SSSR count). The first-order valence-electron chi connectivity index (χ1n) is 5.98. The summed E-state index contributed by atoms with van der Waals surface area (Å²) in [6.07, 6.45) is 3.06. The third-order valence-corrected chi connectivity index (χ3v) is 3.57. The van der Waals surface area contributed by atoms with E-state index in [4.69, 9.17) is 4.74 Å². The number of rotatable bonds is 1. The molecule has 2 heterocycles. The highest BCUT2D eigenvalue weighted by molar-refractivity contribution is 5.33. The van der Waals surface area contributed by atoms with E-state index in [1.165, 1.54) is 6.42 Å². The number of halogens is 1. The third kappa shape index (κ3) is 1.64. The average Bonchev–Trinajstić information content (AvgIpc) is 2.82. The van der Waals surface area contributed by atoms with Crippen LogP contribution in [0.5, 0.6) is 0 Å². The van der Waals surface area contributed by atoms with Crippen LogP contribution in [0.15, 0.2) is 18.2 Å². The Bertz CT molecular complexity index is 388. The molecule has 2 aliphatic heterocycles. The van der Waals surface area contributed by atoms with Gasteiger partial charge in [0.25, 0.3) is 0 Å². The standard InChI is InChI=1S/C13H16FNO/c14-11-4-1-3-10-9(11)6-8-16-13(10)12-5-2-7-15-12/h1,3-4,12-13,15H,2,5-8H2/t12-,13-/m0/s1. The van der Waals surface area contributed by atoms with Crippen LogP contribution < -0.4 is 5.32 Å². The van der Waals surface area contributed by atoms with Crippen molar-refractivity contribution in [1.82, 2.24) is 5.32 Å². The first-order valence-corrected chi connectivity index (χ1v) is 5.98. The molecule has 86 valence electrons. The van der Waals surface area contributed by atoms with Crippen molar-refractivity contribution in [3.63, 3.8) is 0 Å². The topological polar surface area (TPSA) is 21.3 Å². The number of fused-ring (bicyclic) bond motifs is 1. The van der Waals surface area contributed by atoms with Crippen molar-refractivity contribution in [2.75, 3.05) is 13.2 Å². The molecule has 0 aromatic heterocycles. The van der Waals surface area contributed by atoms with Crippen molar-refractivity contribution in [3.8, 4) is 0 Å². The second-order valence-corrected chi connectivity index (χ2v) is 4.55. The molecule has 1 aromatic carbocycles. The SMILES string of the molecule is Fc1cccc2c1CCO[C@@H]2[C@@H]1CCCN1. The fourth-order valence-electron chi connectivity index (χ4n) is 2.79. The molecule has 1 aromatic rings. The van der Waals surface area contributed by atoms with Crippen LogP contribution in [-0.2, 0) is 11.2 Å². The van der Waals surface area contributed by atoms with Gasteiger partial charge in [-0.2, -0.15) is 0 Å². The van der Waals surface area contributed by atoms with Crippen molar-refractivity contribution in [3.05, 3.63) is 35.1 Å². The van der Waals surface area contributed by atoms with E-state index < -0.39 is 0 Å². The number of ether oxygens (including phenoxy) is 1. The Labute approximate surface area is 94.8 Å². The van der Waals surface area contributed by atoms with Gasteiger partial charge in [0.05, 0.1) is 12.7 Å². The summed E-state index contributed by atoms with van der Waals surface area (Å²) in [5, 5.41) is 3.44. The van der Waals surface area contributed by atoms with Gasteiger partial charge in [-0.1, -0.05) is 12.1 Å². The lowest BCUT2D eigenvalue weighted by atomic mass is 9.92. The molecule has 1 N–H and O–H groups in total. The van der Waals surface area contributed by atoms with Gasteiger partial charge in [0.1, 0.15) is 5.82 Å². The largest absolute Gasteiger partial charge is 0.372 e. The minimum Gasteiger partial charge on any atom is -0.372 e. The zero-order valence-corrected chi connectivity index (χ0v) is 9.21. The maximum absolute atomic E-state index is 13.7. The van der Waals surface area contributed by atoms with Crippen LogP contribution in [-0.4, -0.2) is 19.2 Å². The summed E-state index contributed by atoms with van der Waals surface area (Å²) in [4.78, 5) is 0. The highest BCUT2D eigenvalue weighted by atomic mass is 19.1. The Morgan fingerprint density at radius 1 is 1.38 bits per heavy atom. The lowest BCUT2D eigenvalue weighted by molar-refractivity contribution is 0.0190. The third-order valence-electron chi connectivity index (χ3n) is 3.57. The normalized spacial score (nSPS) is 29.1. The van der Waals surface area contributed by atoms with Crippen molar-refractivity contribution >= 4 is 0 Å². The highest BCUT2D eigenvalue weighted by Gasteiger charge is 2.31. The van der Waals surface area contributed by atoms with E-state index in [1.54, 1.807) is 12.1 Å². The fraction of sp³-hybridized carbons (Fsp3) is 0.538. The van der Waals surface area contributed by atoms with Gasteiger partial charge in [-0.25, -0.2) is 4.39 Å². The molecule has 0 radical (unpaired) electrons. The Balaban J connectivity index is 1.96. The van der Waals surface area contributed by atoms with Gasteiger partial charge in [-0.15, -0.1) is 0 Å². The first kappa shape index (κ1) is 10.2. The Hall–Kier alpha value is -0.930. The number of nitrogens with one attached hydrogen (secondary N) is 1. The molecule has 0 amide bonds. The van der Waals surface area contributed by atoms with Crippen LogP contribution in [0.1, 0.15) is 30.1 Å². The summed E-state index contributed by atoms with van der Waals surface area (Å²) in [5.41, 5.74) is 1.90. The molecular formula is C13H16FNO.